The third-order valence-corrected chi connectivity index (χ3v) is 13.1. The predicted octanol–water partition coefficient (Wildman–Crippen LogP) is 11.6. The summed E-state index contributed by atoms with van der Waals surface area (Å²) in [6.45, 7) is 10.3. The lowest BCUT2D eigenvalue weighted by Gasteiger charge is -2.43. The van der Waals surface area contributed by atoms with Gasteiger partial charge in [0.15, 0.2) is 0 Å². The van der Waals surface area contributed by atoms with Crippen molar-refractivity contribution in [3.05, 3.63) is 81.7 Å². The molecular formula is C44H60N2. The maximum absolute atomic E-state index is 4.54. The zero-order chi connectivity index (χ0) is 31.8. The topological polar surface area (TPSA) is 8.17 Å². The Morgan fingerprint density at radius 3 is 2.39 bits per heavy atom. The van der Waals surface area contributed by atoms with Crippen LogP contribution in [0.1, 0.15) is 148 Å². The second-order valence-electron chi connectivity index (χ2n) is 16.1. The zero-order valence-corrected chi connectivity index (χ0v) is 29.6. The van der Waals surface area contributed by atoms with Crippen molar-refractivity contribution in [2.75, 3.05) is 14.1 Å². The Labute approximate surface area is 280 Å². The highest BCUT2D eigenvalue weighted by molar-refractivity contribution is 5.80. The molecule has 0 saturated heterocycles. The molecule has 3 saturated carbocycles. The Balaban J connectivity index is 0.919. The van der Waals surface area contributed by atoms with Crippen molar-refractivity contribution in [1.82, 2.24) is 9.47 Å². The van der Waals surface area contributed by atoms with Crippen LogP contribution in [-0.2, 0) is 13.0 Å². The van der Waals surface area contributed by atoms with Gasteiger partial charge in [-0.1, -0.05) is 73.9 Å². The van der Waals surface area contributed by atoms with Crippen LogP contribution in [0.15, 0.2) is 42.5 Å². The van der Waals surface area contributed by atoms with Gasteiger partial charge in [-0.3, -0.25) is 0 Å². The van der Waals surface area contributed by atoms with E-state index in [1.807, 2.05) is 0 Å². The van der Waals surface area contributed by atoms with Crippen molar-refractivity contribution in [3.63, 3.8) is 0 Å². The monoisotopic (exact) mass is 616 g/mol. The first-order valence-corrected chi connectivity index (χ1v) is 19.1. The molecule has 1 aromatic carbocycles. The van der Waals surface area contributed by atoms with Crippen LogP contribution < -0.4 is 0 Å². The first-order valence-electron chi connectivity index (χ1n) is 19.1. The maximum atomic E-state index is 4.54. The summed E-state index contributed by atoms with van der Waals surface area (Å²) in [7, 11) is 4.60. The van der Waals surface area contributed by atoms with E-state index in [4.69, 9.17) is 0 Å². The predicted molar refractivity (Wildman–Crippen MR) is 199 cm³/mol. The molecule has 2 unspecified atom stereocenters. The fourth-order valence-corrected chi connectivity index (χ4v) is 10.1. The molecule has 46 heavy (non-hydrogen) atoms. The minimum atomic E-state index is 0.421. The molecule has 7 rings (SSSR count). The molecule has 2 atom stereocenters. The van der Waals surface area contributed by atoms with Crippen LogP contribution in [0, 0.1) is 24.7 Å². The van der Waals surface area contributed by atoms with Gasteiger partial charge in [-0.2, -0.15) is 0 Å². The molecule has 2 nitrogen and oxygen atoms in total. The van der Waals surface area contributed by atoms with Crippen LogP contribution in [0.3, 0.4) is 0 Å². The molecule has 5 aliphatic carbocycles. The molecule has 246 valence electrons. The largest absolute Gasteiger partial charge is 0.344 e. The van der Waals surface area contributed by atoms with Crippen molar-refractivity contribution in [1.29, 1.82) is 0 Å². The van der Waals surface area contributed by atoms with Crippen molar-refractivity contribution in [2.24, 2.45) is 17.8 Å². The number of rotatable bonds is 11. The fourth-order valence-electron chi connectivity index (χ4n) is 10.1. The molecule has 0 bridgehead atoms. The highest BCUT2D eigenvalue weighted by Crippen LogP contribution is 2.59. The Morgan fingerprint density at radius 1 is 0.935 bits per heavy atom. The normalized spacial score (nSPS) is 26.2. The third-order valence-electron chi connectivity index (χ3n) is 13.1. The number of fused-ring (bicyclic) bond motifs is 5. The number of nitrogens with zero attached hydrogens (tertiary/aromatic N) is 2. The van der Waals surface area contributed by atoms with Gasteiger partial charge >= 0.3 is 0 Å². The molecule has 0 radical (unpaired) electrons. The number of allylic oxidation sites excluding steroid dienone is 4. The lowest BCUT2D eigenvalue weighted by molar-refractivity contribution is 0.0886. The van der Waals surface area contributed by atoms with Gasteiger partial charge in [0.25, 0.3) is 0 Å². The maximum Gasteiger partial charge on any atom is 0.0485 e. The third kappa shape index (κ3) is 6.33. The Kier molecular flexibility index (Phi) is 9.39. The van der Waals surface area contributed by atoms with Gasteiger partial charge in [-0.05, 0) is 158 Å². The SMILES string of the molecule is C=C(CCCC1(N(C)C)CCCCC1)c1ccc(CC2CCC(CC3=Cc4c5c(n(CC)c4C4CC34)C=CCC=C5)CC2)c(C)c1. The van der Waals surface area contributed by atoms with Crippen molar-refractivity contribution < 1.29 is 0 Å². The van der Waals surface area contributed by atoms with Crippen LogP contribution in [0.2, 0.25) is 0 Å². The van der Waals surface area contributed by atoms with E-state index in [0.29, 0.717) is 5.54 Å². The highest BCUT2D eigenvalue weighted by atomic mass is 15.1. The van der Waals surface area contributed by atoms with Crippen LogP contribution in [0.25, 0.3) is 23.8 Å². The number of benzene rings is 1. The van der Waals surface area contributed by atoms with E-state index in [2.05, 4.69) is 92.6 Å². The highest BCUT2D eigenvalue weighted by Gasteiger charge is 2.47. The summed E-state index contributed by atoms with van der Waals surface area (Å²) in [6, 6.07) is 7.27. The molecule has 2 heteroatoms. The fraction of sp³-hybridized carbons (Fsp3) is 0.591. The molecule has 5 aliphatic rings. The second-order valence-corrected chi connectivity index (χ2v) is 16.1. The first kappa shape index (κ1) is 32.0. The minimum Gasteiger partial charge on any atom is -0.344 e. The standard InChI is InChI=1S/C44H60N2/c1-6-46-42-16-10-7-9-15-38(42)40-29-37(39-30-41(39)43(40)46)28-34-19-17-33(18-20-34)27-36-22-21-35(26-32(36)3)31(2)14-13-25-44(45(4)5)23-11-8-12-24-44/h9-10,15-16,21-22,26,29,33-34,39,41H,2,6-8,11-14,17-20,23-25,27-28,30H2,1,3-5H3. The van der Waals surface area contributed by atoms with E-state index < -0.39 is 0 Å². The van der Waals surface area contributed by atoms with Gasteiger partial charge in [0.1, 0.15) is 0 Å². The molecule has 0 amide bonds. The average molecular weight is 617 g/mol. The van der Waals surface area contributed by atoms with Gasteiger partial charge in [-0.25, -0.2) is 0 Å². The second kappa shape index (κ2) is 13.5. The molecule has 0 N–H and O–H groups in total. The summed E-state index contributed by atoms with van der Waals surface area (Å²) in [5.41, 5.74) is 14.1. The molecule has 2 aromatic rings. The van der Waals surface area contributed by atoms with E-state index in [1.165, 1.54) is 118 Å². The molecule has 3 fully saturated rings. The molecule has 0 aliphatic heterocycles. The van der Waals surface area contributed by atoms with Crippen molar-refractivity contribution >= 4 is 23.8 Å². The van der Waals surface area contributed by atoms with Gasteiger partial charge < -0.3 is 9.47 Å². The summed E-state index contributed by atoms with van der Waals surface area (Å²) in [6.07, 6.45) is 33.4. The molecule has 0 spiro atoms. The van der Waals surface area contributed by atoms with E-state index in [1.54, 1.807) is 22.4 Å². The summed E-state index contributed by atoms with van der Waals surface area (Å²) in [5.74, 6) is 3.31. The number of aryl methyl sites for hydroxylation is 1. The Hall–Kier alpha value is -2.58. The van der Waals surface area contributed by atoms with Gasteiger partial charge in [0, 0.05) is 40.5 Å². The summed E-state index contributed by atoms with van der Waals surface area (Å²) < 4.78 is 2.63. The average Bonchev–Trinajstić information content (AvgIpc) is 3.85. The molecule has 1 heterocycles. The summed E-state index contributed by atoms with van der Waals surface area (Å²) in [5, 5.41) is 0. The summed E-state index contributed by atoms with van der Waals surface area (Å²) >= 11 is 0. The van der Waals surface area contributed by atoms with Crippen LogP contribution in [0.5, 0.6) is 0 Å². The lowest BCUT2D eigenvalue weighted by Crippen LogP contribution is -2.45. The molecular weight excluding hydrogens is 556 g/mol. The number of hydrogen-bond donors (Lipinski definition) is 0. The van der Waals surface area contributed by atoms with Crippen LogP contribution >= 0.6 is 0 Å². The zero-order valence-electron chi connectivity index (χ0n) is 29.6. The smallest absolute Gasteiger partial charge is 0.0485 e. The molecule has 1 aromatic heterocycles. The summed E-state index contributed by atoms with van der Waals surface area (Å²) in [4.78, 5) is 2.53. The van der Waals surface area contributed by atoms with Crippen LogP contribution in [-0.4, -0.2) is 29.1 Å². The van der Waals surface area contributed by atoms with E-state index in [9.17, 15) is 0 Å². The lowest BCUT2D eigenvalue weighted by atomic mass is 9.75. The first-order chi connectivity index (χ1) is 22.4. The number of aromatic nitrogens is 1. The van der Waals surface area contributed by atoms with Crippen molar-refractivity contribution in [3.8, 4) is 0 Å². The van der Waals surface area contributed by atoms with E-state index in [0.717, 1.165) is 43.1 Å². The minimum absolute atomic E-state index is 0.421. The van der Waals surface area contributed by atoms with E-state index >= 15 is 0 Å². The quantitative estimate of drug-likeness (QED) is 0.244. The van der Waals surface area contributed by atoms with Crippen molar-refractivity contribution in [2.45, 2.75) is 135 Å². The van der Waals surface area contributed by atoms with Gasteiger partial charge in [-0.15, -0.1) is 0 Å². The Morgan fingerprint density at radius 2 is 1.67 bits per heavy atom. The van der Waals surface area contributed by atoms with Gasteiger partial charge in [0.05, 0.1) is 0 Å². The van der Waals surface area contributed by atoms with Crippen LogP contribution in [0.4, 0.5) is 0 Å². The van der Waals surface area contributed by atoms with Gasteiger partial charge in [0.2, 0.25) is 0 Å². The Bertz CT molecular complexity index is 1510. The number of hydrogen-bond acceptors (Lipinski definition) is 1. The van der Waals surface area contributed by atoms with E-state index in [-0.39, 0.29) is 0 Å².